The Kier molecular flexibility index (Phi) is 0.279. The third-order valence-electron chi connectivity index (χ3n) is 1.62. The van der Waals surface area contributed by atoms with Crippen molar-refractivity contribution in [2.45, 2.75) is 33.0 Å². The summed E-state index contributed by atoms with van der Waals surface area (Å²) in [6, 6.07) is 0. The molecule has 2 bridgehead atoms. The van der Waals surface area contributed by atoms with Crippen molar-refractivity contribution in [1.82, 2.24) is 0 Å². The lowest BCUT2D eigenvalue weighted by atomic mass is 9.55. The fourth-order valence-corrected chi connectivity index (χ4v) is 1.03. The smallest absolute Gasteiger partial charge is 0.0306 e. The van der Waals surface area contributed by atoms with Crippen molar-refractivity contribution in [2.24, 2.45) is 23.6 Å². The molecular formula is C9H16. The van der Waals surface area contributed by atoms with E-state index in [0.717, 1.165) is 13.8 Å². The molecule has 2 unspecified atom stereocenters. The SMILES string of the molecule is [2H]C1([2H])C([2H])(C)C([2H])([2H])C2([2H])C([2H])([2H])C1([2H])C2([2H])C. The van der Waals surface area contributed by atoms with E-state index in [-0.39, 0.29) is 0 Å². The second-order valence-corrected chi connectivity index (χ2v) is 2.38. The van der Waals surface area contributed by atoms with Crippen molar-refractivity contribution in [3.05, 3.63) is 0 Å². The monoisotopic (exact) mass is 134 g/mol. The van der Waals surface area contributed by atoms with Gasteiger partial charge in [0.05, 0.1) is 0 Å². The van der Waals surface area contributed by atoms with E-state index in [1.807, 2.05) is 0 Å². The molecule has 0 nitrogen and oxygen atoms in total. The molecule has 9 heavy (non-hydrogen) atoms. The van der Waals surface area contributed by atoms with Gasteiger partial charge in [0.25, 0.3) is 0 Å². The molecule has 52 valence electrons. The summed E-state index contributed by atoms with van der Waals surface area (Å²) in [7, 11) is 0. The van der Waals surface area contributed by atoms with Crippen LogP contribution in [-0.4, -0.2) is 0 Å². The second-order valence-electron chi connectivity index (χ2n) is 2.38. The lowest BCUT2D eigenvalue weighted by molar-refractivity contribution is -0.00154. The maximum absolute atomic E-state index is 8.11. The van der Waals surface area contributed by atoms with Crippen LogP contribution in [0.4, 0.5) is 0 Å². The Morgan fingerprint density at radius 1 is 1.22 bits per heavy atom. The van der Waals surface area contributed by atoms with E-state index < -0.39 is 42.7 Å². The molecule has 0 spiro atoms. The van der Waals surface area contributed by atoms with Gasteiger partial charge < -0.3 is 0 Å². The van der Waals surface area contributed by atoms with E-state index in [1.165, 1.54) is 0 Å². The number of rotatable bonds is 0. The van der Waals surface area contributed by atoms with Gasteiger partial charge in [-0.2, -0.15) is 0 Å². The van der Waals surface area contributed by atoms with Gasteiger partial charge in [0.1, 0.15) is 0 Å². The van der Waals surface area contributed by atoms with Gasteiger partial charge in [-0.05, 0) is 42.7 Å². The predicted octanol–water partition coefficient (Wildman–Crippen LogP) is 2.69. The van der Waals surface area contributed by atoms with Crippen LogP contribution in [0.25, 0.3) is 0 Å². The average Bonchev–Trinajstić information content (AvgIpc) is 2.22. The molecule has 0 aromatic rings. The van der Waals surface area contributed by atoms with E-state index in [0.29, 0.717) is 0 Å². The Bertz CT molecular complexity index is 396. The fourth-order valence-electron chi connectivity index (χ4n) is 1.03. The molecule has 0 saturated heterocycles. The molecule has 3 saturated carbocycles. The van der Waals surface area contributed by atoms with Crippen LogP contribution in [0.5, 0.6) is 0 Å². The van der Waals surface area contributed by atoms with E-state index in [1.54, 1.807) is 0 Å². The standard InChI is InChI=1S/C9H16/c1-6-3-8-5-9(4-6)7(8)2/h6-9H,3-5H2,1-2H3/i3D2,4D2,5D2,6D,7D,8D,9D. The highest BCUT2D eigenvalue weighted by atomic mass is 14.5. The van der Waals surface area contributed by atoms with Crippen LogP contribution in [-0.2, 0) is 0 Å². The molecule has 0 aromatic carbocycles. The number of hydrogen-bond donors (Lipinski definition) is 0. The lowest BCUT2D eigenvalue weighted by Crippen LogP contribution is -2.41. The van der Waals surface area contributed by atoms with Gasteiger partial charge in [-0.15, -0.1) is 0 Å². The molecule has 0 heterocycles. The quantitative estimate of drug-likeness (QED) is 0.478. The third kappa shape index (κ3) is 0.720. The van der Waals surface area contributed by atoms with Gasteiger partial charge in [0, 0.05) is 13.7 Å². The first-order valence-corrected chi connectivity index (χ1v) is 3.00. The molecule has 0 amide bonds. The fraction of sp³-hybridized carbons (Fsp3) is 1.00. The molecule has 0 aliphatic heterocycles. The van der Waals surface area contributed by atoms with Crippen molar-refractivity contribution >= 4 is 0 Å². The summed E-state index contributed by atoms with van der Waals surface area (Å²) in [5.41, 5.74) is 0. The van der Waals surface area contributed by atoms with Crippen LogP contribution >= 0.6 is 0 Å². The lowest BCUT2D eigenvalue weighted by Gasteiger charge is -2.50. The van der Waals surface area contributed by atoms with Crippen molar-refractivity contribution in [2.75, 3.05) is 0 Å². The molecule has 0 heteroatoms. The van der Waals surface area contributed by atoms with Gasteiger partial charge >= 0.3 is 0 Å². The van der Waals surface area contributed by atoms with Gasteiger partial charge in [-0.3, -0.25) is 0 Å². The van der Waals surface area contributed by atoms with Crippen molar-refractivity contribution in [3.8, 4) is 0 Å². The normalized spacial score (nSPS) is 122. The minimum atomic E-state index is -2.91. The maximum Gasteiger partial charge on any atom is 0.0306 e. The number of fused-ring (bicyclic) bond motifs is 2. The average molecular weight is 134 g/mol. The van der Waals surface area contributed by atoms with Gasteiger partial charge in [0.2, 0.25) is 0 Å². The Labute approximate surface area is 71.7 Å². The first kappa shape index (κ1) is 1.44. The molecule has 3 rings (SSSR count). The summed E-state index contributed by atoms with van der Waals surface area (Å²) in [6.45, 7) is 1.95. The van der Waals surface area contributed by atoms with Crippen molar-refractivity contribution in [3.63, 3.8) is 0 Å². The van der Waals surface area contributed by atoms with Crippen LogP contribution < -0.4 is 0 Å². The zero-order valence-corrected chi connectivity index (χ0v) is 5.50. The molecular weight excluding hydrogens is 108 g/mol. The largest absolute Gasteiger partial charge is 0.0625 e. The highest BCUT2D eigenvalue weighted by Gasteiger charge is 2.42. The third-order valence-corrected chi connectivity index (χ3v) is 1.62. The van der Waals surface area contributed by atoms with Gasteiger partial charge in [0.15, 0.2) is 0 Å². The highest BCUT2D eigenvalue weighted by molar-refractivity contribution is 4.92. The van der Waals surface area contributed by atoms with E-state index in [9.17, 15) is 0 Å². The predicted molar refractivity (Wildman–Crippen MR) is 39.2 cm³/mol. The number of hydrogen-bond acceptors (Lipinski definition) is 0. The molecule has 2 atom stereocenters. The summed E-state index contributed by atoms with van der Waals surface area (Å²) >= 11 is 0. The van der Waals surface area contributed by atoms with E-state index >= 15 is 0 Å². The summed E-state index contributed by atoms with van der Waals surface area (Å²) < 4.78 is 79.6. The maximum atomic E-state index is 8.11. The minimum Gasteiger partial charge on any atom is -0.0625 e. The summed E-state index contributed by atoms with van der Waals surface area (Å²) in [6.07, 6.45) is -8.68. The van der Waals surface area contributed by atoms with E-state index in [4.69, 9.17) is 13.7 Å². The molecule has 3 aliphatic rings. The zero-order valence-electron chi connectivity index (χ0n) is 15.5. The minimum absolute atomic E-state index is 0.935. The Morgan fingerprint density at radius 3 is 2.22 bits per heavy atom. The molecule has 0 radical (unpaired) electrons. The first-order chi connectivity index (χ1) is 8.00. The highest BCUT2D eigenvalue weighted by Crippen LogP contribution is 2.52. The first-order valence-electron chi connectivity index (χ1n) is 8.00. The topological polar surface area (TPSA) is 0 Å². The molecule has 0 aromatic heterocycles. The van der Waals surface area contributed by atoms with Gasteiger partial charge in [-0.1, -0.05) is 13.8 Å². The Balaban J connectivity index is 2.89. The van der Waals surface area contributed by atoms with Crippen LogP contribution in [0.1, 0.15) is 46.7 Å². The summed E-state index contributed by atoms with van der Waals surface area (Å²) in [4.78, 5) is 0. The van der Waals surface area contributed by atoms with Crippen LogP contribution in [0.3, 0.4) is 0 Å². The van der Waals surface area contributed by atoms with Crippen LogP contribution in [0.15, 0.2) is 0 Å². The van der Waals surface area contributed by atoms with Gasteiger partial charge in [-0.25, -0.2) is 0 Å². The Morgan fingerprint density at radius 2 is 1.78 bits per heavy atom. The van der Waals surface area contributed by atoms with Crippen molar-refractivity contribution in [1.29, 1.82) is 0 Å². The summed E-state index contributed by atoms with van der Waals surface area (Å²) in [5, 5.41) is 0. The summed E-state index contributed by atoms with van der Waals surface area (Å²) in [5.74, 6) is -10.1. The van der Waals surface area contributed by atoms with Crippen molar-refractivity contribution < 1.29 is 13.7 Å². The van der Waals surface area contributed by atoms with Crippen LogP contribution in [0.2, 0.25) is 0 Å². The Hall–Kier alpha value is 0. The van der Waals surface area contributed by atoms with Crippen LogP contribution in [0, 0.1) is 23.6 Å². The van der Waals surface area contributed by atoms with E-state index in [2.05, 4.69) is 0 Å². The molecule has 3 aliphatic carbocycles. The molecule has 3 fully saturated rings. The zero-order chi connectivity index (χ0) is 15.5. The molecule has 0 N–H and O–H groups in total. The second kappa shape index (κ2) is 1.74.